The van der Waals surface area contributed by atoms with Crippen LogP contribution in [0.2, 0.25) is 5.02 Å². The summed E-state index contributed by atoms with van der Waals surface area (Å²) in [6.45, 7) is 5.69. The van der Waals surface area contributed by atoms with Crippen molar-refractivity contribution in [2.75, 3.05) is 44.7 Å². The number of aromatic amines is 1. The number of ether oxygens (including phenoxy) is 1. The highest BCUT2D eigenvalue weighted by molar-refractivity contribution is 6.32. The molecule has 0 unspecified atom stereocenters. The topological polar surface area (TPSA) is 159 Å². The third kappa shape index (κ3) is 8.43. The molecular weight excluding hydrogens is 758 g/mol. The summed E-state index contributed by atoms with van der Waals surface area (Å²) >= 11 is 6.53. The third-order valence-corrected chi connectivity index (χ3v) is 12.1. The van der Waals surface area contributed by atoms with Crippen molar-refractivity contribution in [3.8, 4) is 22.9 Å². The number of carbonyl (C=O) groups is 4. The number of piperidine rings is 3. The first-order chi connectivity index (χ1) is 28.0. The van der Waals surface area contributed by atoms with E-state index in [1.165, 1.54) is 6.20 Å². The first kappa shape index (κ1) is 39.1. The first-order valence-corrected chi connectivity index (χ1v) is 20.4. The lowest BCUT2D eigenvalue weighted by molar-refractivity contribution is -0.134. The SMILES string of the molecule is Cc1nn(C)cc1-c1nc2ncc(Cl)c(Oc3ccc(C(=O)N4CCC(CC(=O)N(C)CC5CCN(c6ccc([C@@H]7CCC(=O)NC7=O)cc6)CC5)CC4)cc3)c2[nH]1. The Hall–Kier alpha value is -5.76. The number of likely N-dealkylation sites (tertiary alicyclic amines) is 1. The quantitative estimate of drug-likeness (QED) is 0.156. The first-order valence-electron chi connectivity index (χ1n) is 20.0. The standard InChI is InChI=1S/C43H48ClN9O5/c1-26-34(25-51(3)49-26)40-47-38-39(35(44)23-45-41(38)48-40)58-32-10-6-30(7-11-32)43(57)53-20-14-27(15-21-53)22-37(55)50(2)24-28-16-18-52(19-17-28)31-8-4-29(5-9-31)33-12-13-36(54)46-42(33)56/h4-11,23,25,27-28,33H,12-22,24H2,1-3H3,(H,45,47,48)(H,46,54,56)/t33-/m0/s1. The zero-order valence-electron chi connectivity index (χ0n) is 33.0. The maximum atomic E-state index is 13.5. The largest absolute Gasteiger partial charge is 0.453 e. The van der Waals surface area contributed by atoms with Crippen molar-refractivity contribution in [1.82, 2.24) is 39.8 Å². The minimum atomic E-state index is -0.278. The number of anilines is 1. The molecule has 0 saturated carbocycles. The van der Waals surface area contributed by atoms with Gasteiger partial charge in [-0.3, -0.25) is 29.2 Å². The van der Waals surface area contributed by atoms with Crippen LogP contribution in [0.3, 0.4) is 0 Å². The number of imidazole rings is 1. The molecule has 3 aromatic heterocycles. The number of aromatic nitrogens is 5. The number of nitrogens with one attached hydrogen (secondary N) is 2. The average Bonchev–Trinajstić information content (AvgIpc) is 3.81. The van der Waals surface area contributed by atoms with Gasteiger partial charge in [-0.05, 0) is 92.8 Å². The lowest BCUT2D eigenvalue weighted by Gasteiger charge is -2.36. The molecule has 58 heavy (non-hydrogen) atoms. The van der Waals surface area contributed by atoms with Crippen LogP contribution in [0.4, 0.5) is 5.69 Å². The molecular formula is C43H48ClN9O5. The van der Waals surface area contributed by atoms with Gasteiger partial charge >= 0.3 is 0 Å². The molecule has 8 rings (SSSR count). The second-order valence-electron chi connectivity index (χ2n) is 15.9. The van der Waals surface area contributed by atoms with Crippen LogP contribution in [0.15, 0.2) is 60.9 Å². The van der Waals surface area contributed by atoms with Gasteiger partial charge in [0.25, 0.3) is 5.91 Å². The van der Waals surface area contributed by atoms with Gasteiger partial charge < -0.3 is 24.4 Å². The highest BCUT2D eigenvalue weighted by atomic mass is 35.5. The van der Waals surface area contributed by atoms with Gasteiger partial charge in [-0.15, -0.1) is 0 Å². The van der Waals surface area contributed by atoms with Crippen molar-refractivity contribution in [3.63, 3.8) is 0 Å². The number of pyridine rings is 1. The van der Waals surface area contributed by atoms with Crippen molar-refractivity contribution in [2.45, 2.75) is 57.8 Å². The van der Waals surface area contributed by atoms with Gasteiger partial charge in [-0.1, -0.05) is 23.7 Å². The summed E-state index contributed by atoms with van der Waals surface area (Å²) in [5, 5.41) is 7.17. The summed E-state index contributed by atoms with van der Waals surface area (Å²) in [5.74, 6) is 1.64. The van der Waals surface area contributed by atoms with E-state index < -0.39 is 0 Å². The molecule has 2 N–H and O–H groups in total. The predicted molar refractivity (Wildman–Crippen MR) is 220 cm³/mol. The fourth-order valence-corrected chi connectivity index (χ4v) is 8.65. The van der Waals surface area contributed by atoms with Crippen LogP contribution in [0.5, 0.6) is 11.5 Å². The van der Waals surface area contributed by atoms with Crippen LogP contribution < -0.4 is 15.0 Å². The molecule has 0 radical (unpaired) electrons. The van der Waals surface area contributed by atoms with Crippen molar-refractivity contribution in [2.24, 2.45) is 18.9 Å². The molecule has 0 spiro atoms. The maximum Gasteiger partial charge on any atom is 0.253 e. The number of carbonyl (C=O) groups excluding carboxylic acids is 4. The molecule has 5 aromatic rings. The molecule has 3 aliphatic heterocycles. The Kier molecular flexibility index (Phi) is 11.2. The van der Waals surface area contributed by atoms with Crippen LogP contribution in [0.25, 0.3) is 22.6 Å². The number of hydrogen-bond donors (Lipinski definition) is 2. The highest BCUT2D eigenvalue weighted by Crippen LogP contribution is 2.37. The number of halogens is 1. The normalized spacial score (nSPS) is 18.1. The lowest BCUT2D eigenvalue weighted by Crippen LogP contribution is -2.41. The van der Waals surface area contributed by atoms with Gasteiger partial charge in [0.05, 0.1) is 23.4 Å². The monoisotopic (exact) mass is 805 g/mol. The Morgan fingerprint density at radius 1 is 0.948 bits per heavy atom. The lowest BCUT2D eigenvalue weighted by atomic mass is 9.90. The summed E-state index contributed by atoms with van der Waals surface area (Å²) < 4.78 is 7.94. The number of benzene rings is 2. The molecule has 0 bridgehead atoms. The number of amides is 4. The summed E-state index contributed by atoms with van der Waals surface area (Å²) in [7, 11) is 3.77. The van der Waals surface area contributed by atoms with E-state index in [0.717, 1.165) is 67.8 Å². The Bertz CT molecular complexity index is 2320. The van der Waals surface area contributed by atoms with Gasteiger partial charge in [0, 0.05) is 77.1 Å². The fraction of sp³-hybridized carbons (Fsp3) is 0.419. The summed E-state index contributed by atoms with van der Waals surface area (Å²) in [6, 6.07) is 15.2. The molecule has 6 heterocycles. The van der Waals surface area contributed by atoms with E-state index in [4.69, 9.17) is 16.3 Å². The van der Waals surface area contributed by atoms with E-state index >= 15 is 0 Å². The van der Waals surface area contributed by atoms with Gasteiger partial charge in [-0.2, -0.15) is 5.10 Å². The molecule has 3 fully saturated rings. The van der Waals surface area contributed by atoms with Crippen LogP contribution in [-0.4, -0.2) is 97.9 Å². The molecule has 1 atom stereocenters. The number of H-pyrrole nitrogens is 1. The van der Waals surface area contributed by atoms with Gasteiger partial charge in [0.1, 0.15) is 22.1 Å². The van der Waals surface area contributed by atoms with E-state index in [-0.39, 0.29) is 35.5 Å². The van der Waals surface area contributed by atoms with Crippen LogP contribution >= 0.6 is 11.6 Å². The van der Waals surface area contributed by atoms with Crippen molar-refractivity contribution >= 4 is 52.1 Å². The predicted octanol–water partition coefficient (Wildman–Crippen LogP) is 6.25. The van der Waals surface area contributed by atoms with E-state index in [2.05, 4.69) is 42.4 Å². The molecule has 2 aromatic carbocycles. The van der Waals surface area contributed by atoms with E-state index in [0.29, 0.717) is 77.3 Å². The molecule has 3 aliphatic rings. The Morgan fingerprint density at radius 3 is 2.33 bits per heavy atom. The fourth-order valence-electron chi connectivity index (χ4n) is 8.47. The minimum Gasteiger partial charge on any atom is -0.453 e. The maximum absolute atomic E-state index is 13.5. The van der Waals surface area contributed by atoms with Crippen molar-refractivity contribution in [1.29, 1.82) is 0 Å². The molecule has 4 amide bonds. The Balaban J connectivity index is 0.779. The van der Waals surface area contributed by atoms with Crippen molar-refractivity contribution in [3.05, 3.63) is 82.8 Å². The summed E-state index contributed by atoms with van der Waals surface area (Å²) in [6.07, 6.45) is 8.38. The van der Waals surface area contributed by atoms with Gasteiger partial charge in [0.2, 0.25) is 17.7 Å². The Labute approximate surface area is 341 Å². The smallest absolute Gasteiger partial charge is 0.253 e. The van der Waals surface area contributed by atoms with Gasteiger partial charge in [-0.25, -0.2) is 9.97 Å². The van der Waals surface area contributed by atoms with Gasteiger partial charge in [0.15, 0.2) is 11.4 Å². The molecule has 3 saturated heterocycles. The van der Waals surface area contributed by atoms with Crippen LogP contribution in [-0.2, 0) is 21.4 Å². The van der Waals surface area contributed by atoms with Crippen LogP contribution in [0.1, 0.15) is 72.5 Å². The highest BCUT2D eigenvalue weighted by Gasteiger charge is 2.30. The van der Waals surface area contributed by atoms with E-state index in [9.17, 15) is 19.2 Å². The molecule has 302 valence electrons. The number of fused-ring (bicyclic) bond motifs is 1. The van der Waals surface area contributed by atoms with Crippen molar-refractivity contribution < 1.29 is 23.9 Å². The summed E-state index contributed by atoms with van der Waals surface area (Å²) in [4.78, 5) is 69.0. The number of aryl methyl sites for hydroxylation is 2. The second kappa shape index (κ2) is 16.6. The molecule has 14 nitrogen and oxygen atoms in total. The number of nitrogens with zero attached hydrogens (tertiary/aromatic N) is 7. The zero-order chi connectivity index (χ0) is 40.5. The number of imide groups is 1. The average molecular weight is 806 g/mol. The van der Waals surface area contributed by atoms with E-state index in [1.807, 2.05) is 49.1 Å². The third-order valence-electron chi connectivity index (χ3n) is 11.9. The number of rotatable bonds is 10. The number of hydrogen-bond acceptors (Lipinski definition) is 9. The summed E-state index contributed by atoms with van der Waals surface area (Å²) in [5.41, 5.74) is 5.35. The molecule has 0 aliphatic carbocycles. The van der Waals surface area contributed by atoms with E-state index in [1.54, 1.807) is 28.9 Å². The minimum absolute atomic E-state index is 0.0422. The zero-order valence-corrected chi connectivity index (χ0v) is 33.8. The second-order valence-corrected chi connectivity index (χ2v) is 16.3. The Morgan fingerprint density at radius 2 is 1.66 bits per heavy atom. The molecule has 15 heteroatoms. The van der Waals surface area contributed by atoms with Crippen LogP contribution in [0, 0.1) is 18.8 Å².